The van der Waals surface area contributed by atoms with E-state index in [1.807, 2.05) is 13.8 Å². The van der Waals surface area contributed by atoms with Crippen molar-refractivity contribution in [1.82, 2.24) is 4.98 Å². The van der Waals surface area contributed by atoms with Crippen molar-refractivity contribution in [3.05, 3.63) is 47.9 Å². The van der Waals surface area contributed by atoms with Crippen molar-refractivity contribution in [2.75, 3.05) is 11.1 Å². The van der Waals surface area contributed by atoms with Crippen LogP contribution < -0.4 is 11.1 Å². The number of hydrogen-bond donors (Lipinski definition) is 2. The third-order valence-electron chi connectivity index (χ3n) is 2.19. The van der Waals surface area contributed by atoms with Gasteiger partial charge in [0.1, 0.15) is 11.9 Å². The molecule has 1 aromatic carbocycles. The molecule has 0 radical (unpaired) electrons. The van der Waals surface area contributed by atoms with Crippen molar-refractivity contribution >= 4 is 17.2 Å². The maximum atomic E-state index is 13.3. The van der Waals surface area contributed by atoms with Crippen molar-refractivity contribution in [3.8, 4) is 6.07 Å². The second-order valence-electron chi connectivity index (χ2n) is 3.37. The van der Waals surface area contributed by atoms with Crippen LogP contribution in [0.5, 0.6) is 0 Å². The van der Waals surface area contributed by atoms with Gasteiger partial charge in [-0.3, -0.25) is 0 Å². The summed E-state index contributed by atoms with van der Waals surface area (Å²) in [6.07, 6.45) is 1.58. The smallest absolute Gasteiger partial charge is 0.153 e. The first-order valence-electron chi connectivity index (χ1n) is 5.88. The lowest BCUT2D eigenvalue weighted by Gasteiger charge is -2.07. The summed E-state index contributed by atoms with van der Waals surface area (Å²) >= 11 is 0. The number of halogens is 1. The highest BCUT2D eigenvalue weighted by Crippen LogP contribution is 2.21. The van der Waals surface area contributed by atoms with Crippen LogP contribution in [-0.2, 0) is 0 Å². The number of benzene rings is 1. The molecule has 0 aliphatic rings. The van der Waals surface area contributed by atoms with Crippen LogP contribution in [0.3, 0.4) is 0 Å². The summed E-state index contributed by atoms with van der Waals surface area (Å²) in [4.78, 5) is 4.02. The van der Waals surface area contributed by atoms with Crippen molar-refractivity contribution in [2.24, 2.45) is 0 Å². The lowest BCUT2D eigenvalue weighted by atomic mass is 10.2. The maximum Gasteiger partial charge on any atom is 0.153 e. The molecule has 1 aromatic heterocycles. The van der Waals surface area contributed by atoms with E-state index in [0.717, 1.165) is 0 Å². The van der Waals surface area contributed by atoms with Gasteiger partial charge in [-0.05, 0) is 30.3 Å². The number of nitrogen functional groups attached to an aromatic ring is 1. The Bertz CT molecular complexity index is 590. The molecule has 1 heterocycles. The van der Waals surface area contributed by atoms with Crippen LogP contribution in [0, 0.1) is 17.1 Å². The molecule has 0 aliphatic carbocycles. The molecule has 98 valence electrons. The first-order chi connectivity index (χ1) is 9.20. The molecule has 4 nitrogen and oxygen atoms in total. The normalized spacial score (nSPS) is 8.95. The monoisotopic (exact) mass is 258 g/mol. The van der Waals surface area contributed by atoms with Crippen LogP contribution >= 0.6 is 0 Å². The van der Waals surface area contributed by atoms with Crippen LogP contribution in [0.25, 0.3) is 0 Å². The van der Waals surface area contributed by atoms with E-state index in [0.29, 0.717) is 17.2 Å². The third kappa shape index (κ3) is 3.68. The van der Waals surface area contributed by atoms with Crippen molar-refractivity contribution in [1.29, 1.82) is 5.26 Å². The van der Waals surface area contributed by atoms with Crippen LogP contribution in [0.1, 0.15) is 19.4 Å². The zero-order valence-electron chi connectivity index (χ0n) is 10.8. The van der Waals surface area contributed by atoms with Gasteiger partial charge in [-0.25, -0.2) is 9.37 Å². The zero-order valence-corrected chi connectivity index (χ0v) is 10.8. The van der Waals surface area contributed by atoms with Gasteiger partial charge in [-0.2, -0.15) is 5.26 Å². The summed E-state index contributed by atoms with van der Waals surface area (Å²) in [6, 6.07) is 9.37. The third-order valence-corrected chi connectivity index (χ3v) is 2.19. The molecule has 0 bridgehead atoms. The molecule has 5 heteroatoms. The quantitative estimate of drug-likeness (QED) is 0.865. The van der Waals surface area contributed by atoms with E-state index < -0.39 is 5.82 Å². The van der Waals surface area contributed by atoms with Gasteiger partial charge in [0.15, 0.2) is 5.82 Å². The van der Waals surface area contributed by atoms with E-state index >= 15 is 0 Å². The molecule has 19 heavy (non-hydrogen) atoms. The Morgan fingerprint density at radius 3 is 2.63 bits per heavy atom. The van der Waals surface area contributed by atoms with Gasteiger partial charge in [0.2, 0.25) is 0 Å². The Balaban J connectivity index is 0.000000861. The topological polar surface area (TPSA) is 74.7 Å². The molecule has 2 aromatic rings. The lowest BCUT2D eigenvalue weighted by Crippen LogP contribution is -1.99. The van der Waals surface area contributed by atoms with E-state index in [-0.39, 0.29) is 5.56 Å². The first kappa shape index (κ1) is 14.5. The molecule has 0 saturated heterocycles. The van der Waals surface area contributed by atoms with Crippen molar-refractivity contribution < 1.29 is 4.39 Å². The number of nitriles is 1. The Morgan fingerprint density at radius 2 is 2.05 bits per heavy atom. The summed E-state index contributed by atoms with van der Waals surface area (Å²) in [5, 5.41) is 11.5. The Labute approximate surface area is 111 Å². The molecule has 0 spiro atoms. The molecular weight excluding hydrogens is 243 g/mol. The second kappa shape index (κ2) is 6.97. The summed E-state index contributed by atoms with van der Waals surface area (Å²) < 4.78 is 13.3. The average molecular weight is 258 g/mol. The SMILES string of the molecule is CC.N#Cc1ccc(Nc2ncccc2N)cc1F. The van der Waals surface area contributed by atoms with Crippen LogP contribution in [0.2, 0.25) is 0 Å². The van der Waals surface area contributed by atoms with Crippen LogP contribution in [-0.4, -0.2) is 4.98 Å². The standard InChI is InChI=1S/C12H9FN4.C2H6/c13-10-6-9(4-3-8(10)7-14)17-12-11(15)2-1-5-16-12;1-2/h1-6H,15H2,(H,16,17);1-2H3. The largest absolute Gasteiger partial charge is 0.396 e. The van der Waals surface area contributed by atoms with Crippen molar-refractivity contribution in [2.45, 2.75) is 13.8 Å². The summed E-state index contributed by atoms with van der Waals surface area (Å²) in [6.45, 7) is 4.00. The molecule has 0 amide bonds. The van der Waals surface area contributed by atoms with Gasteiger partial charge in [0.05, 0.1) is 11.3 Å². The molecular formula is C14H15FN4. The number of nitrogens with two attached hydrogens (primary N) is 1. The average Bonchev–Trinajstić information content (AvgIpc) is 2.44. The number of nitrogens with zero attached hydrogens (tertiary/aromatic N) is 2. The summed E-state index contributed by atoms with van der Waals surface area (Å²) in [5.74, 6) is -0.122. The highest BCUT2D eigenvalue weighted by atomic mass is 19.1. The highest BCUT2D eigenvalue weighted by Gasteiger charge is 2.04. The fraction of sp³-hybridized carbons (Fsp3) is 0.143. The van der Waals surface area contributed by atoms with E-state index in [4.69, 9.17) is 11.0 Å². The Hall–Kier alpha value is -2.61. The van der Waals surface area contributed by atoms with Crippen molar-refractivity contribution in [3.63, 3.8) is 0 Å². The van der Waals surface area contributed by atoms with E-state index in [2.05, 4.69) is 10.3 Å². The van der Waals surface area contributed by atoms with Gasteiger partial charge >= 0.3 is 0 Å². The number of hydrogen-bond acceptors (Lipinski definition) is 4. The number of rotatable bonds is 2. The van der Waals surface area contributed by atoms with Crippen LogP contribution in [0.15, 0.2) is 36.5 Å². The van der Waals surface area contributed by atoms with Crippen LogP contribution in [0.4, 0.5) is 21.6 Å². The van der Waals surface area contributed by atoms with E-state index in [1.165, 1.54) is 12.1 Å². The van der Waals surface area contributed by atoms with Gasteiger partial charge in [-0.1, -0.05) is 13.8 Å². The van der Waals surface area contributed by atoms with Gasteiger partial charge in [0.25, 0.3) is 0 Å². The molecule has 0 saturated carbocycles. The van der Waals surface area contributed by atoms with E-state index in [9.17, 15) is 4.39 Å². The molecule has 0 atom stereocenters. The lowest BCUT2D eigenvalue weighted by molar-refractivity contribution is 0.624. The minimum atomic E-state index is -0.577. The van der Waals surface area contributed by atoms with Gasteiger partial charge in [0, 0.05) is 11.9 Å². The fourth-order valence-corrected chi connectivity index (χ4v) is 1.34. The molecule has 3 N–H and O–H groups in total. The number of aromatic nitrogens is 1. The molecule has 0 aliphatic heterocycles. The predicted octanol–water partition coefficient (Wildman–Crippen LogP) is 3.44. The first-order valence-corrected chi connectivity index (χ1v) is 5.88. The fourth-order valence-electron chi connectivity index (χ4n) is 1.34. The molecule has 0 unspecified atom stereocenters. The summed E-state index contributed by atoms with van der Waals surface area (Å²) in [7, 11) is 0. The predicted molar refractivity (Wildman–Crippen MR) is 74.4 cm³/mol. The Kier molecular flexibility index (Phi) is 5.30. The zero-order chi connectivity index (χ0) is 14.3. The Morgan fingerprint density at radius 1 is 1.32 bits per heavy atom. The van der Waals surface area contributed by atoms with E-state index in [1.54, 1.807) is 30.5 Å². The number of nitrogens with one attached hydrogen (secondary N) is 1. The second-order valence-corrected chi connectivity index (χ2v) is 3.37. The maximum absolute atomic E-state index is 13.3. The highest BCUT2D eigenvalue weighted by molar-refractivity contribution is 5.68. The number of pyridine rings is 1. The minimum Gasteiger partial charge on any atom is -0.396 e. The number of anilines is 3. The minimum absolute atomic E-state index is 0.00421. The van der Waals surface area contributed by atoms with Gasteiger partial charge < -0.3 is 11.1 Å². The molecule has 0 fully saturated rings. The summed E-state index contributed by atoms with van der Waals surface area (Å²) in [5.41, 5.74) is 6.66. The van der Waals surface area contributed by atoms with Gasteiger partial charge in [-0.15, -0.1) is 0 Å². The molecule has 2 rings (SSSR count).